The Hall–Kier alpha value is -0.0800. The Morgan fingerprint density at radius 2 is 1.83 bits per heavy atom. The van der Waals surface area contributed by atoms with Crippen molar-refractivity contribution in [1.82, 2.24) is 5.32 Å². The summed E-state index contributed by atoms with van der Waals surface area (Å²) in [6.07, 6.45) is 10.7. The van der Waals surface area contributed by atoms with Crippen molar-refractivity contribution >= 4 is 0 Å². The van der Waals surface area contributed by atoms with Gasteiger partial charge in [0, 0.05) is 12.6 Å². The van der Waals surface area contributed by atoms with Crippen LogP contribution in [0.4, 0.5) is 0 Å². The lowest BCUT2D eigenvalue weighted by Crippen LogP contribution is -2.59. The van der Waals surface area contributed by atoms with Crippen LogP contribution in [0.2, 0.25) is 0 Å². The third-order valence-electron chi connectivity index (χ3n) is 5.14. The van der Waals surface area contributed by atoms with E-state index in [0.717, 1.165) is 12.5 Å². The molecule has 1 N–H and O–H groups in total. The maximum Gasteiger partial charge on any atom is 0.0811 e. The summed E-state index contributed by atoms with van der Waals surface area (Å²) < 4.78 is 6.59. The van der Waals surface area contributed by atoms with Gasteiger partial charge in [-0.2, -0.15) is 0 Å². The summed E-state index contributed by atoms with van der Waals surface area (Å²) >= 11 is 0. The lowest BCUT2D eigenvalue weighted by molar-refractivity contribution is -0.158. The van der Waals surface area contributed by atoms with Crippen molar-refractivity contribution in [3.63, 3.8) is 0 Å². The van der Waals surface area contributed by atoms with E-state index in [-0.39, 0.29) is 5.60 Å². The molecule has 0 bridgehead atoms. The lowest BCUT2D eigenvalue weighted by atomic mass is 9.76. The van der Waals surface area contributed by atoms with Crippen molar-refractivity contribution in [3.05, 3.63) is 0 Å². The second-order valence-electron chi connectivity index (χ2n) is 6.38. The van der Waals surface area contributed by atoms with Crippen molar-refractivity contribution in [3.8, 4) is 0 Å². The highest BCUT2D eigenvalue weighted by molar-refractivity contribution is 4.96. The van der Waals surface area contributed by atoms with Gasteiger partial charge in [0.1, 0.15) is 0 Å². The van der Waals surface area contributed by atoms with Gasteiger partial charge < -0.3 is 10.1 Å². The quantitative estimate of drug-likeness (QED) is 0.820. The zero-order chi connectivity index (χ0) is 13.0. The Labute approximate surface area is 113 Å². The topological polar surface area (TPSA) is 21.3 Å². The molecule has 0 radical (unpaired) electrons. The molecule has 0 aromatic heterocycles. The Bertz CT molecular complexity index is 240. The van der Waals surface area contributed by atoms with Crippen molar-refractivity contribution in [1.29, 1.82) is 0 Å². The highest BCUT2D eigenvalue weighted by Crippen LogP contribution is 2.39. The number of morpholine rings is 1. The van der Waals surface area contributed by atoms with E-state index >= 15 is 0 Å². The van der Waals surface area contributed by atoms with Crippen molar-refractivity contribution in [2.45, 2.75) is 89.9 Å². The number of ether oxygens (including phenoxy) is 1. The van der Waals surface area contributed by atoms with Gasteiger partial charge in [0.15, 0.2) is 0 Å². The summed E-state index contributed by atoms with van der Waals surface area (Å²) in [6, 6.07) is 0.583. The van der Waals surface area contributed by atoms with Gasteiger partial charge in [-0.25, -0.2) is 0 Å². The third kappa shape index (κ3) is 3.08. The highest BCUT2D eigenvalue weighted by Gasteiger charge is 2.42. The van der Waals surface area contributed by atoms with Crippen molar-refractivity contribution < 1.29 is 4.74 Å². The number of hydrogen-bond donors (Lipinski definition) is 1. The lowest BCUT2D eigenvalue weighted by Gasteiger charge is -2.48. The molecule has 1 heterocycles. The molecule has 18 heavy (non-hydrogen) atoms. The van der Waals surface area contributed by atoms with Crippen LogP contribution in [-0.4, -0.2) is 24.3 Å². The second kappa shape index (κ2) is 6.38. The normalized spacial score (nSPS) is 41.2. The van der Waals surface area contributed by atoms with Gasteiger partial charge in [-0.05, 0) is 44.4 Å². The largest absolute Gasteiger partial charge is 0.369 e. The SMILES string of the molecule is CCCC1OC2(CCC(CC)CC2)CNC1CC. The molecule has 1 saturated heterocycles. The molecule has 2 fully saturated rings. The maximum absolute atomic E-state index is 6.59. The van der Waals surface area contributed by atoms with Crippen LogP contribution in [-0.2, 0) is 4.74 Å². The minimum Gasteiger partial charge on any atom is -0.369 e. The van der Waals surface area contributed by atoms with Gasteiger partial charge in [-0.3, -0.25) is 0 Å². The molecule has 2 heteroatoms. The van der Waals surface area contributed by atoms with Crippen LogP contribution in [0.3, 0.4) is 0 Å². The smallest absolute Gasteiger partial charge is 0.0811 e. The number of nitrogens with one attached hydrogen (secondary N) is 1. The van der Waals surface area contributed by atoms with Gasteiger partial charge in [0.2, 0.25) is 0 Å². The van der Waals surface area contributed by atoms with Gasteiger partial charge >= 0.3 is 0 Å². The van der Waals surface area contributed by atoms with E-state index in [1.54, 1.807) is 0 Å². The van der Waals surface area contributed by atoms with Crippen LogP contribution in [0, 0.1) is 5.92 Å². The van der Waals surface area contributed by atoms with Crippen molar-refractivity contribution in [2.24, 2.45) is 5.92 Å². The minimum atomic E-state index is 0.178. The highest BCUT2D eigenvalue weighted by atomic mass is 16.5. The number of hydrogen-bond acceptors (Lipinski definition) is 2. The predicted molar refractivity (Wildman–Crippen MR) is 76.8 cm³/mol. The molecule has 2 rings (SSSR count). The zero-order valence-electron chi connectivity index (χ0n) is 12.5. The summed E-state index contributed by atoms with van der Waals surface area (Å²) in [5.41, 5.74) is 0.178. The Balaban J connectivity index is 1.94. The van der Waals surface area contributed by atoms with E-state index in [0.29, 0.717) is 12.1 Å². The molecule has 1 spiro atoms. The fourth-order valence-electron chi connectivity index (χ4n) is 3.75. The van der Waals surface area contributed by atoms with Crippen LogP contribution in [0.5, 0.6) is 0 Å². The summed E-state index contributed by atoms with van der Waals surface area (Å²) in [4.78, 5) is 0. The van der Waals surface area contributed by atoms with E-state index in [1.807, 2.05) is 0 Å². The third-order valence-corrected chi connectivity index (χ3v) is 5.14. The van der Waals surface area contributed by atoms with Gasteiger partial charge in [0.05, 0.1) is 11.7 Å². The summed E-state index contributed by atoms with van der Waals surface area (Å²) in [5, 5.41) is 3.77. The fourth-order valence-corrected chi connectivity index (χ4v) is 3.75. The molecule has 1 saturated carbocycles. The van der Waals surface area contributed by atoms with E-state index in [9.17, 15) is 0 Å². The predicted octanol–water partition coefficient (Wildman–Crippen LogP) is 3.89. The first kappa shape index (κ1) is 14.3. The zero-order valence-corrected chi connectivity index (χ0v) is 12.5. The molecule has 0 aromatic rings. The first-order valence-electron chi connectivity index (χ1n) is 8.14. The van der Waals surface area contributed by atoms with E-state index < -0.39 is 0 Å². The number of rotatable bonds is 4. The van der Waals surface area contributed by atoms with Gasteiger partial charge in [-0.1, -0.05) is 33.6 Å². The molecular weight excluding hydrogens is 222 g/mol. The Morgan fingerprint density at radius 3 is 2.39 bits per heavy atom. The molecular formula is C16H31NO. The first-order chi connectivity index (χ1) is 8.73. The molecule has 106 valence electrons. The fraction of sp³-hybridized carbons (Fsp3) is 1.00. The average Bonchev–Trinajstić information content (AvgIpc) is 2.41. The van der Waals surface area contributed by atoms with Crippen LogP contribution in [0.25, 0.3) is 0 Å². The van der Waals surface area contributed by atoms with Gasteiger partial charge in [0.25, 0.3) is 0 Å². The first-order valence-corrected chi connectivity index (χ1v) is 8.14. The average molecular weight is 253 g/mol. The van der Waals surface area contributed by atoms with E-state index in [4.69, 9.17) is 4.74 Å². The molecule has 1 aliphatic carbocycles. The van der Waals surface area contributed by atoms with Crippen molar-refractivity contribution in [2.75, 3.05) is 6.54 Å². The molecule has 2 atom stereocenters. The van der Waals surface area contributed by atoms with Crippen LogP contribution in [0.1, 0.15) is 72.1 Å². The second-order valence-corrected chi connectivity index (χ2v) is 6.38. The van der Waals surface area contributed by atoms with Gasteiger partial charge in [-0.15, -0.1) is 0 Å². The molecule has 2 nitrogen and oxygen atoms in total. The summed E-state index contributed by atoms with van der Waals surface area (Å²) in [6.45, 7) is 7.96. The molecule has 2 aliphatic rings. The molecule has 1 aliphatic heterocycles. The van der Waals surface area contributed by atoms with Crippen LogP contribution in [0.15, 0.2) is 0 Å². The standard InChI is InChI=1S/C16H31NO/c1-4-7-15-14(6-3)17-12-16(18-15)10-8-13(5-2)9-11-16/h13-15,17H,4-12H2,1-3H3. The minimum absolute atomic E-state index is 0.178. The van der Waals surface area contributed by atoms with E-state index in [1.165, 1.54) is 51.4 Å². The summed E-state index contributed by atoms with van der Waals surface area (Å²) in [5.74, 6) is 0.952. The molecule has 0 amide bonds. The summed E-state index contributed by atoms with van der Waals surface area (Å²) in [7, 11) is 0. The van der Waals surface area contributed by atoms with E-state index in [2.05, 4.69) is 26.1 Å². The maximum atomic E-state index is 6.59. The Kier molecular flexibility index (Phi) is 5.08. The molecule has 0 aromatic carbocycles. The Morgan fingerprint density at radius 1 is 1.11 bits per heavy atom. The molecule has 2 unspecified atom stereocenters. The van der Waals surface area contributed by atoms with Crippen LogP contribution < -0.4 is 5.32 Å². The van der Waals surface area contributed by atoms with Crippen LogP contribution >= 0.6 is 0 Å². The monoisotopic (exact) mass is 253 g/mol.